The molecular weight excluding hydrogens is 244 g/mol. The normalized spacial score (nSPS) is 12.2. The van der Waals surface area contributed by atoms with Gasteiger partial charge in [-0.3, -0.25) is 9.78 Å². The van der Waals surface area contributed by atoms with Crippen LogP contribution < -0.4 is 14.8 Å². The van der Waals surface area contributed by atoms with Crippen LogP contribution in [0.25, 0.3) is 0 Å². The molecule has 1 aromatic heterocycles. The van der Waals surface area contributed by atoms with Crippen LogP contribution in [0, 0.1) is 0 Å². The Kier molecular flexibility index (Phi) is 3.02. The fourth-order valence-electron chi connectivity index (χ4n) is 1.81. The minimum Gasteiger partial charge on any atom is -0.454 e. The van der Waals surface area contributed by atoms with E-state index in [1.807, 2.05) is 18.2 Å². The van der Waals surface area contributed by atoms with Crippen molar-refractivity contribution in [3.05, 3.63) is 53.9 Å². The Balaban J connectivity index is 1.67. The van der Waals surface area contributed by atoms with Gasteiger partial charge in [0.1, 0.15) is 0 Å². The van der Waals surface area contributed by atoms with Gasteiger partial charge in [0.25, 0.3) is 5.91 Å². The number of carbonyl (C=O) groups excluding carboxylic acids is 1. The Morgan fingerprint density at radius 2 is 2.11 bits per heavy atom. The summed E-state index contributed by atoms with van der Waals surface area (Å²) in [6.45, 7) is 0.600. The van der Waals surface area contributed by atoms with E-state index in [4.69, 9.17) is 9.47 Å². The van der Waals surface area contributed by atoms with Gasteiger partial charge >= 0.3 is 0 Å². The number of hydrogen-bond donors (Lipinski definition) is 1. The van der Waals surface area contributed by atoms with Gasteiger partial charge < -0.3 is 14.8 Å². The lowest BCUT2D eigenvalue weighted by Gasteiger charge is -2.05. The summed E-state index contributed by atoms with van der Waals surface area (Å²) in [5.74, 6) is 1.11. The lowest BCUT2D eigenvalue weighted by atomic mass is 10.2. The first-order chi connectivity index (χ1) is 9.33. The number of amides is 1. The van der Waals surface area contributed by atoms with Crippen LogP contribution in [0.15, 0.2) is 42.6 Å². The second kappa shape index (κ2) is 4.97. The van der Waals surface area contributed by atoms with E-state index in [0.717, 1.165) is 5.69 Å². The van der Waals surface area contributed by atoms with Crippen molar-refractivity contribution >= 4 is 5.91 Å². The van der Waals surface area contributed by atoms with E-state index < -0.39 is 0 Å². The molecule has 2 heterocycles. The molecule has 0 saturated carbocycles. The molecule has 1 amide bonds. The number of fused-ring (bicyclic) bond motifs is 1. The first-order valence-corrected chi connectivity index (χ1v) is 5.91. The van der Waals surface area contributed by atoms with Crippen molar-refractivity contribution in [3.8, 4) is 11.5 Å². The lowest BCUT2D eigenvalue weighted by molar-refractivity contribution is 0.0950. The molecule has 0 saturated heterocycles. The van der Waals surface area contributed by atoms with Gasteiger partial charge in [0, 0.05) is 11.8 Å². The Hall–Kier alpha value is -2.56. The van der Waals surface area contributed by atoms with Crippen molar-refractivity contribution in [2.24, 2.45) is 0 Å². The van der Waals surface area contributed by atoms with Gasteiger partial charge in [0.05, 0.1) is 12.2 Å². The summed E-state index contributed by atoms with van der Waals surface area (Å²) in [4.78, 5) is 16.1. The SMILES string of the molecule is O=C(NCc1ccccn1)c1ccc2c(c1)OCO2. The van der Waals surface area contributed by atoms with Crippen molar-refractivity contribution in [1.82, 2.24) is 10.3 Å². The third kappa shape index (κ3) is 2.49. The molecule has 0 atom stereocenters. The molecular formula is C14H12N2O3. The van der Waals surface area contributed by atoms with E-state index >= 15 is 0 Å². The molecule has 0 radical (unpaired) electrons. The molecule has 0 bridgehead atoms. The molecule has 0 fully saturated rings. The van der Waals surface area contributed by atoms with Crippen LogP contribution in [0.2, 0.25) is 0 Å². The number of rotatable bonds is 3. The van der Waals surface area contributed by atoms with E-state index in [-0.39, 0.29) is 12.7 Å². The molecule has 96 valence electrons. The lowest BCUT2D eigenvalue weighted by Crippen LogP contribution is -2.23. The van der Waals surface area contributed by atoms with Gasteiger partial charge in [-0.25, -0.2) is 0 Å². The number of ether oxygens (including phenoxy) is 2. The van der Waals surface area contributed by atoms with E-state index in [1.54, 1.807) is 24.4 Å². The van der Waals surface area contributed by atoms with Crippen LogP contribution in [0.3, 0.4) is 0 Å². The van der Waals surface area contributed by atoms with Gasteiger partial charge in [-0.1, -0.05) is 6.07 Å². The maximum absolute atomic E-state index is 12.0. The van der Waals surface area contributed by atoms with Crippen LogP contribution in [-0.2, 0) is 6.54 Å². The van der Waals surface area contributed by atoms with E-state index in [9.17, 15) is 4.79 Å². The average Bonchev–Trinajstić information content (AvgIpc) is 2.93. The second-order valence-electron chi connectivity index (χ2n) is 4.07. The highest BCUT2D eigenvalue weighted by atomic mass is 16.7. The summed E-state index contributed by atoms with van der Waals surface area (Å²) in [7, 11) is 0. The summed E-state index contributed by atoms with van der Waals surface area (Å²) in [6, 6.07) is 10.7. The van der Waals surface area contributed by atoms with Gasteiger partial charge in [-0.15, -0.1) is 0 Å². The quantitative estimate of drug-likeness (QED) is 0.908. The minimum atomic E-state index is -0.163. The van der Waals surface area contributed by atoms with Gasteiger partial charge in [0.15, 0.2) is 11.5 Å². The number of nitrogens with zero attached hydrogens (tertiary/aromatic N) is 1. The van der Waals surface area contributed by atoms with Gasteiger partial charge in [0.2, 0.25) is 6.79 Å². The highest BCUT2D eigenvalue weighted by Crippen LogP contribution is 2.32. The molecule has 19 heavy (non-hydrogen) atoms. The minimum absolute atomic E-state index is 0.163. The molecule has 1 aromatic carbocycles. The summed E-state index contributed by atoms with van der Waals surface area (Å²) in [5, 5.41) is 2.81. The Labute approximate surface area is 110 Å². The third-order valence-electron chi connectivity index (χ3n) is 2.79. The first kappa shape index (κ1) is 11.5. The molecule has 0 unspecified atom stereocenters. The molecule has 1 aliphatic rings. The van der Waals surface area contributed by atoms with E-state index in [0.29, 0.717) is 23.6 Å². The van der Waals surface area contributed by atoms with Crippen LogP contribution in [0.1, 0.15) is 16.1 Å². The highest BCUT2D eigenvalue weighted by molar-refractivity contribution is 5.94. The van der Waals surface area contributed by atoms with Crippen LogP contribution in [-0.4, -0.2) is 17.7 Å². The molecule has 5 heteroatoms. The first-order valence-electron chi connectivity index (χ1n) is 5.91. The molecule has 2 aromatic rings. The van der Waals surface area contributed by atoms with Crippen molar-refractivity contribution in [2.45, 2.75) is 6.54 Å². The molecule has 1 aliphatic heterocycles. The van der Waals surface area contributed by atoms with E-state index in [2.05, 4.69) is 10.3 Å². The zero-order chi connectivity index (χ0) is 13.1. The predicted molar refractivity (Wildman–Crippen MR) is 68.0 cm³/mol. The molecule has 0 spiro atoms. The van der Waals surface area contributed by atoms with E-state index in [1.165, 1.54) is 0 Å². The summed E-state index contributed by atoms with van der Waals surface area (Å²) >= 11 is 0. The third-order valence-corrected chi connectivity index (χ3v) is 2.79. The topological polar surface area (TPSA) is 60.5 Å². The number of pyridine rings is 1. The van der Waals surface area contributed by atoms with Crippen molar-refractivity contribution in [1.29, 1.82) is 0 Å². The van der Waals surface area contributed by atoms with Crippen LogP contribution in [0.5, 0.6) is 11.5 Å². The highest BCUT2D eigenvalue weighted by Gasteiger charge is 2.15. The largest absolute Gasteiger partial charge is 0.454 e. The maximum atomic E-state index is 12.0. The van der Waals surface area contributed by atoms with Crippen molar-refractivity contribution in [2.75, 3.05) is 6.79 Å². The standard InChI is InChI=1S/C14H12N2O3/c17-14(16-8-11-3-1-2-6-15-11)10-4-5-12-13(7-10)19-9-18-12/h1-7H,8-9H2,(H,16,17). The average molecular weight is 256 g/mol. The maximum Gasteiger partial charge on any atom is 0.251 e. The summed E-state index contributed by atoms with van der Waals surface area (Å²) < 4.78 is 10.4. The fourth-order valence-corrected chi connectivity index (χ4v) is 1.81. The smallest absolute Gasteiger partial charge is 0.251 e. The monoisotopic (exact) mass is 256 g/mol. The molecule has 0 aliphatic carbocycles. The second-order valence-corrected chi connectivity index (χ2v) is 4.07. The Morgan fingerprint density at radius 3 is 2.95 bits per heavy atom. The van der Waals surface area contributed by atoms with Crippen LogP contribution >= 0.6 is 0 Å². The summed E-state index contributed by atoms with van der Waals surface area (Å²) in [6.07, 6.45) is 1.70. The molecule has 3 rings (SSSR count). The van der Waals surface area contributed by atoms with Gasteiger partial charge in [-0.05, 0) is 30.3 Å². The van der Waals surface area contributed by atoms with Gasteiger partial charge in [-0.2, -0.15) is 0 Å². The number of aromatic nitrogens is 1. The van der Waals surface area contributed by atoms with Crippen molar-refractivity contribution in [3.63, 3.8) is 0 Å². The molecule has 5 nitrogen and oxygen atoms in total. The number of carbonyl (C=O) groups is 1. The zero-order valence-electron chi connectivity index (χ0n) is 10.1. The predicted octanol–water partition coefficient (Wildman–Crippen LogP) is 1.74. The Bertz CT molecular complexity index is 599. The number of hydrogen-bond acceptors (Lipinski definition) is 4. The number of benzene rings is 1. The fraction of sp³-hybridized carbons (Fsp3) is 0.143. The van der Waals surface area contributed by atoms with Crippen molar-refractivity contribution < 1.29 is 14.3 Å². The molecule has 1 N–H and O–H groups in total. The summed E-state index contributed by atoms with van der Waals surface area (Å²) in [5.41, 5.74) is 1.36. The number of nitrogens with one attached hydrogen (secondary N) is 1. The zero-order valence-corrected chi connectivity index (χ0v) is 10.1. The van der Waals surface area contributed by atoms with Crippen LogP contribution in [0.4, 0.5) is 0 Å². The Morgan fingerprint density at radius 1 is 1.21 bits per heavy atom.